The zero-order valence-electron chi connectivity index (χ0n) is 16.4. The summed E-state index contributed by atoms with van der Waals surface area (Å²) < 4.78 is 1.85. The third kappa shape index (κ3) is 2.73. The summed E-state index contributed by atoms with van der Waals surface area (Å²) >= 11 is 0. The Hall–Kier alpha value is -4.04. The fourth-order valence-electron chi connectivity index (χ4n) is 4.25. The normalized spacial score (nSPS) is 20.4. The Balaban J connectivity index is 1.63. The van der Waals surface area contributed by atoms with E-state index in [0.717, 1.165) is 33.5 Å². The average Bonchev–Trinajstić information content (AvgIpc) is 3.39. The molecule has 8 heteroatoms. The van der Waals surface area contributed by atoms with Gasteiger partial charge in [-0.2, -0.15) is 20.7 Å². The summed E-state index contributed by atoms with van der Waals surface area (Å²) in [7, 11) is 0. The van der Waals surface area contributed by atoms with Crippen molar-refractivity contribution in [1.29, 1.82) is 10.5 Å². The molecule has 0 saturated heterocycles. The molecule has 1 fully saturated rings. The second-order valence-electron chi connectivity index (χ2n) is 7.75. The lowest BCUT2D eigenvalue weighted by Crippen LogP contribution is -2.46. The first-order chi connectivity index (χ1) is 14.6. The lowest BCUT2D eigenvalue weighted by molar-refractivity contribution is 0.0884. The van der Waals surface area contributed by atoms with Crippen LogP contribution < -0.4 is 0 Å². The van der Waals surface area contributed by atoms with Crippen molar-refractivity contribution in [1.82, 2.24) is 29.9 Å². The van der Waals surface area contributed by atoms with E-state index in [4.69, 9.17) is 10.1 Å². The predicted molar refractivity (Wildman–Crippen MR) is 110 cm³/mol. The number of hydrogen-bond acceptors (Lipinski definition) is 6. The molecule has 1 aliphatic rings. The molecular weight excluding hydrogens is 376 g/mol. The average molecular weight is 394 g/mol. The van der Waals surface area contributed by atoms with E-state index >= 15 is 0 Å². The Kier molecular flexibility index (Phi) is 4.07. The van der Waals surface area contributed by atoms with Crippen LogP contribution in [0.1, 0.15) is 25.0 Å². The smallest absolute Gasteiger partial charge is 0.111 e. The number of aromatic amines is 1. The van der Waals surface area contributed by atoms with Gasteiger partial charge in [0.2, 0.25) is 0 Å². The third-order valence-corrected chi connectivity index (χ3v) is 5.87. The standard InChI is InChI=1S/C22H18N8/c1-14-17(13-26-28-14)20-9-19-16(3-2-7-25-19)21(27-20)18-4-8-30(29-18)22(5-6-23)10-15(11-22)12-24/h2-4,7-9,13,15H,5,10-11H2,1H3,(H,26,28)/t15-,22-. The van der Waals surface area contributed by atoms with Crippen LogP contribution in [-0.4, -0.2) is 29.9 Å². The van der Waals surface area contributed by atoms with Crippen molar-refractivity contribution in [3.63, 3.8) is 0 Å². The lowest BCUT2D eigenvalue weighted by Gasteiger charge is -2.43. The number of H-pyrrole nitrogens is 1. The van der Waals surface area contributed by atoms with Gasteiger partial charge in [-0.05, 0) is 44.0 Å². The van der Waals surface area contributed by atoms with Crippen molar-refractivity contribution < 1.29 is 0 Å². The molecule has 1 saturated carbocycles. The van der Waals surface area contributed by atoms with Gasteiger partial charge < -0.3 is 0 Å². The fourth-order valence-corrected chi connectivity index (χ4v) is 4.25. The van der Waals surface area contributed by atoms with Gasteiger partial charge in [0.1, 0.15) is 11.4 Å². The van der Waals surface area contributed by atoms with Crippen molar-refractivity contribution in [3.8, 4) is 34.8 Å². The molecule has 1 N–H and O–H groups in total. The second-order valence-corrected chi connectivity index (χ2v) is 7.75. The Morgan fingerprint density at radius 3 is 2.87 bits per heavy atom. The van der Waals surface area contributed by atoms with E-state index in [-0.39, 0.29) is 5.92 Å². The number of aromatic nitrogens is 6. The minimum absolute atomic E-state index is 0.0263. The summed E-state index contributed by atoms with van der Waals surface area (Å²) in [6, 6.07) is 12.3. The van der Waals surface area contributed by atoms with Gasteiger partial charge >= 0.3 is 0 Å². The van der Waals surface area contributed by atoms with Crippen LogP contribution in [0.5, 0.6) is 0 Å². The van der Waals surface area contributed by atoms with Crippen LogP contribution in [0.2, 0.25) is 0 Å². The maximum atomic E-state index is 9.32. The van der Waals surface area contributed by atoms with Gasteiger partial charge in [0.05, 0.1) is 46.9 Å². The molecular formula is C22H18N8. The summed E-state index contributed by atoms with van der Waals surface area (Å²) in [5.41, 5.74) is 4.41. The summed E-state index contributed by atoms with van der Waals surface area (Å²) in [5.74, 6) is -0.0263. The number of pyridine rings is 2. The van der Waals surface area contributed by atoms with E-state index in [1.807, 2.05) is 48.3 Å². The van der Waals surface area contributed by atoms with Crippen LogP contribution in [0.3, 0.4) is 0 Å². The Bertz CT molecular complexity index is 1330. The minimum Gasteiger partial charge on any atom is -0.285 e. The zero-order valence-corrected chi connectivity index (χ0v) is 16.4. The van der Waals surface area contributed by atoms with Gasteiger partial charge in [0.25, 0.3) is 0 Å². The lowest BCUT2D eigenvalue weighted by atomic mass is 9.67. The summed E-state index contributed by atoms with van der Waals surface area (Å²) in [4.78, 5) is 9.41. The molecule has 0 aromatic carbocycles. The van der Waals surface area contributed by atoms with E-state index in [2.05, 4.69) is 27.3 Å². The molecule has 5 rings (SSSR count). The topological polar surface area (TPSA) is 120 Å². The highest BCUT2D eigenvalue weighted by Crippen LogP contribution is 2.46. The first-order valence-electron chi connectivity index (χ1n) is 9.73. The number of rotatable bonds is 4. The number of nitrogens with zero attached hydrogens (tertiary/aromatic N) is 7. The van der Waals surface area contributed by atoms with Crippen LogP contribution in [0.15, 0.2) is 42.9 Å². The maximum Gasteiger partial charge on any atom is 0.111 e. The Morgan fingerprint density at radius 2 is 2.13 bits per heavy atom. The molecule has 0 spiro atoms. The van der Waals surface area contributed by atoms with Crippen LogP contribution in [0.25, 0.3) is 33.5 Å². The first kappa shape index (κ1) is 18.0. The minimum atomic E-state index is -0.416. The molecule has 0 bridgehead atoms. The summed E-state index contributed by atoms with van der Waals surface area (Å²) in [6.45, 7) is 1.93. The molecule has 0 unspecified atom stereocenters. The number of nitrogens with one attached hydrogen (secondary N) is 1. The van der Waals surface area contributed by atoms with E-state index in [1.165, 1.54) is 0 Å². The van der Waals surface area contributed by atoms with Crippen molar-refractivity contribution in [3.05, 3.63) is 48.5 Å². The largest absolute Gasteiger partial charge is 0.285 e. The molecule has 4 aromatic rings. The van der Waals surface area contributed by atoms with Gasteiger partial charge in [0.15, 0.2) is 0 Å². The predicted octanol–water partition coefficient (Wildman–Crippen LogP) is 3.73. The van der Waals surface area contributed by atoms with E-state index in [1.54, 1.807) is 6.20 Å². The van der Waals surface area contributed by atoms with Gasteiger partial charge in [-0.15, -0.1) is 0 Å². The number of nitriles is 2. The van der Waals surface area contributed by atoms with Crippen molar-refractivity contribution in [2.45, 2.75) is 31.7 Å². The molecule has 0 aliphatic heterocycles. The van der Waals surface area contributed by atoms with Crippen LogP contribution in [-0.2, 0) is 5.54 Å². The Labute approximate surface area is 172 Å². The van der Waals surface area contributed by atoms with Crippen LogP contribution in [0, 0.1) is 35.5 Å². The SMILES string of the molecule is Cc1n[nH]cc1-c1cc2ncccc2c(-c2ccn([C@]3(CC#N)C[C@@H](C#N)C3)n2)n1. The van der Waals surface area contributed by atoms with Crippen LogP contribution in [0.4, 0.5) is 0 Å². The van der Waals surface area contributed by atoms with E-state index in [0.29, 0.717) is 25.0 Å². The molecule has 4 heterocycles. The molecule has 8 nitrogen and oxygen atoms in total. The Morgan fingerprint density at radius 1 is 1.27 bits per heavy atom. The number of hydrogen-bond donors (Lipinski definition) is 1. The second kappa shape index (κ2) is 6.78. The summed E-state index contributed by atoms with van der Waals surface area (Å²) in [5, 5.41) is 31.3. The van der Waals surface area contributed by atoms with Crippen molar-refractivity contribution in [2.24, 2.45) is 5.92 Å². The highest BCUT2D eigenvalue weighted by atomic mass is 15.3. The van der Waals surface area contributed by atoms with Gasteiger partial charge in [-0.1, -0.05) is 0 Å². The van der Waals surface area contributed by atoms with Gasteiger partial charge in [-0.25, -0.2) is 4.98 Å². The highest BCUT2D eigenvalue weighted by molar-refractivity contribution is 5.93. The first-order valence-corrected chi connectivity index (χ1v) is 9.73. The maximum absolute atomic E-state index is 9.32. The van der Waals surface area contributed by atoms with Crippen LogP contribution >= 0.6 is 0 Å². The molecule has 0 amide bonds. The van der Waals surface area contributed by atoms with Crippen molar-refractivity contribution in [2.75, 3.05) is 0 Å². The number of aryl methyl sites for hydroxylation is 1. The molecule has 0 atom stereocenters. The quantitative estimate of drug-likeness (QED) is 0.563. The fraction of sp³-hybridized carbons (Fsp3) is 0.273. The van der Waals surface area contributed by atoms with Gasteiger partial charge in [-0.3, -0.25) is 14.8 Å². The summed E-state index contributed by atoms with van der Waals surface area (Å²) in [6.07, 6.45) is 7.09. The van der Waals surface area contributed by atoms with E-state index < -0.39 is 5.54 Å². The molecule has 0 radical (unpaired) electrons. The zero-order chi connectivity index (χ0) is 20.7. The molecule has 30 heavy (non-hydrogen) atoms. The monoisotopic (exact) mass is 394 g/mol. The molecule has 1 aliphatic carbocycles. The third-order valence-electron chi connectivity index (χ3n) is 5.87. The molecule has 4 aromatic heterocycles. The number of fused-ring (bicyclic) bond motifs is 1. The van der Waals surface area contributed by atoms with E-state index in [9.17, 15) is 10.5 Å². The highest BCUT2D eigenvalue weighted by Gasteiger charge is 2.46. The van der Waals surface area contributed by atoms with Gasteiger partial charge in [0, 0.05) is 29.5 Å². The van der Waals surface area contributed by atoms with Crippen molar-refractivity contribution >= 4 is 10.9 Å². The molecule has 146 valence electrons.